The van der Waals surface area contributed by atoms with Crippen LogP contribution in [0.3, 0.4) is 0 Å². The maximum atomic E-state index is 14.0. The first-order valence-corrected chi connectivity index (χ1v) is 16.7. The smallest absolute Gasteiger partial charge is 0.458 e. The molecule has 13 nitrogen and oxygen atoms in total. The molecule has 2 unspecified atom stereocenters. The summed E-state index contributed by atoms with van der Waals surface area (Å²) in [6.07, 6.45) is -3.72. The van der Waals surface area contributed by atoms with Crippen LogP contribution in [0.2, 0.25) is 0 Å². The Kier molecular flexibility index (Phi) is 11.7. The molecule has 4 atom stereocenters. The molecule has 0 aromatic heterocycles. The topological polar surface area (TPSA) is 176 Å². The van der Waals surface area contributed by atoms with E-state index in [1.165, 1.54) is 32.0 Å². The average Bonchev–Trinajstić information content (AvgIpc) is 3.35. The fourth-order valence-electron chi connectivity index (χ4n) is 5.30. The number of phosphoric acid groups is 1. The Hall–Kier alpha value is -4.60. The zero-order valence-corrected chi connectivity index (χ0v) is 28.2. The fourth-order valence-corrected chi connectivity index (χ4v) is 6.82. The molecule has 0 radical (unpaired) electrons. The summed E-state index contributed by atoms with van der Waals surface area (Å²) in [6.45, 7) is 7.24. The Morgan fingerprint density at radius 2 is 1.56 bits per heavy atom. The van der Waals surface area contributed by atoms with Crippen molar-refractivity contribution < 1.29 is 42.1 Å². The molecule has 3 aromatic rings. The van der Waals surface area contributed by atoms with Gasteiger partial charge in [0.15, 0.2) is 6.04 Å². The molecule has 1 aliphatic carbocycles. The lowest BCUT2D eigenvalue weighted by molar-refractivity contribution is -0.386. The third-order valence-corrected chi connectivity index (χ3v) is 9.03. The molecule has 0 heterocycles. The summed E-state index contributed by atoms with van der Waals surface area (Å²) in [6, 6.07) is 21.6. The number of phosphoric ester groups is 1. The average molecular weight is 680 g/mol. The van der Waals surface area contributed by atoms with Gasteiger partial charge in [-0.2, -0.15) is 5.26 Å². The standard InChI is InChI=1S/C34H38N3O10P/c1-22(24-13-10-11-18-30(24)37(40)41)46-48(42,44-20-12-19-35)47-23(2)31(32(38)45-34(3,4)5)36-33(39)43-21-29-27-16-8-6-14-25(27)26-15-7-9-17-28(26)29/h6-11,13-18,22-23,29,31H,12,20-21H2,1-5H3,(H,36,39)/t22?,23-,31+,48?/m1/s1. The van der Waals surface area contributed by atoms with Crippen LogP contribution in [0.1, 0.15) is 69.8 Å². The van der Waals surface area contributed by atoms with Crippen LogP contribution in [0.5, 0.6) is 0 Å². The Labute approximate surface area is 278 Å². The molecule has 1 amide bonds. The third-order valence-electron chi connectivity index (χ3n) is 7.36. The number of nitro groups is 1. The lowest BCUT2D eigenvalue weighted by Crippen LogP contribution is -2.51. The number of rotatable bonds is 14. The normalized spacial score (nSPS) is 15.5. The SMILES string of the molecule is CC(OP(=O)(OCCC#N)O[C@H](C)[C@H](NC(=O)OCC1c2ccccc2-c2ccccc21)C(=O)OC(C)(C)C)c1ccccc1[N+](=O)[O-]. The molecule has 0 aliphatic heterocycles. The number of amides is 1. The summed E-state index contributed by atoms with van der Waals surface area (Å²) in [5.41, 5.74) is 2.89. The van der Waals surface area contributed by atoms with E-state index in [2.05, 4.69) is 5.32 Å². The molecule has 1 N–H and O–H groups in total. The number of nitrogens with one attached hydrogen (secondary N) is 1. The molecule has 14 heteroatoms. The summed E-state index contributed by atoms with van der Waals surface area (Å²) in [4.78, 5) is 37.6. The lowest BCUT2D eigenvalue weighted by atomic mass is 9.98. The van der Waals surface area contributed by atoms with Crippen LogP contribution < -0.4 is 5.32 Å². The van der Waals surface area contributed by atoms with Crippen molar-refractivity contribution in [3.8, 4) is 17.2 Å². The van der Waals surface area contributed by atoms with E-state index in [1.807, 2.05) is 54.6 Å². The van der Waals surface area contributed by atoms with E-state index in [4.69, 9.17) is 28.3 Å². The summed E-state index contributed by atoms with van der Waals surface area (Å²) in [5.74, 6) is -1.17. The molecule has 0 saturated heterocycles. The number of benzene rings is 3. The monoisotopic (exact) mass is 679 g/mol. The number of nitriles is 1. The van der Waals surface area contributed by atoms with Gasteiger partial charge in [0.25, 0.3) is 5.69 Å². The zero-order chi connectivity index (χ0) is 35.1. The summed E-state index contributed by atoms with van der Waals surface area (Å²) >= 11 is 0. The Bertz CT molecular complexity index is 1690. The van der Waals surface area contributed by atoms with Gasteiger partial charge >= 0.3 is 19.9 Å². The molecular weight excluding hydrogens is 641 g/mol. The van der Waals surface area contributed by atoms with Crippen LogP contribution in [0.15, 0.2) is 72.8 Å². The first-order chi connectivity index (χ1) is 22.7. The molecule has 48 heavy (non-hydrogen) atoms. The maximum Gasteiger partial charge on any atom is 0.475 e. The van der Waals surface area contributed by atoms with Crippen molar-refractivity contribution in [1.29, 1.82) is 5.26 Å². The second-order valence-electron chi connectivity index (χ2n) is 12.0. The molecule has 1 aliphatic rings. The zero-order valence-electron chi connectivity index (χ0n) is 27.3. The second kappa shape index (κ2) is 15.5. The van der Waals surface area contributed by atoms with E-state index in [9.17, 15) is 24.3 Å². The van der Waals surface area contributed by atoms with Crippen molar-refractivity contribution >= 4 is 25.6 Å². The van der Waals surface area contributed by atoms with Crippen LogP contribution in [0.4, 0.5) is 10.5 Å². The summed E-state index contributed by atoms with van der Waals surface area (Å²) in [5, 5.41) is 23.1. The van der Waals surface area contributed by atoms with Crippen molar-refractivity contribution in [1.82, 2.24) is 5.32 Å². The van der Waals surface area contributed by atoms with Gasteiger partial charge in [0.05, 0.1) is 41.8 Å². The van der Waals surface area contributed by atoms with Gasteiger partial charge in [-0.25, -0.2) is 14.2 Å². The first-order valence-electron chi connectivity index (χ1n) is 15.3. The van der Waals surface area contributed by atoms with E-state index in [-0.39, 0.29) is 36.8 Å². The summed E-state index contributed by atoms with van der Waals surface area (Å²) in [7, 11) is -4.64. The van der Waals surface area contributed by atoms with Crippen LogP contribution >= 0.6 is 7.82 Å². The first kappa shape index (κ1) is 36.2. The molecule has 0 fully saturated rings. The van der Waals surface area contributed by atoms with E-state index in [0.29, 0.717) is 0 Å². The highest BCUT2D eigenvalue weighted by molar-refractivity contribution is 7.48. The van der Waals surface area contributed by atoms with Crippen molar-refractivity contribution in [2.75, 3.05) is 13.2 Å². The molecular formula is C34H38N3O10P. The lowest BCUT2D eigenvalue weighted by Gasteiger charge is -2.30. The maximum absolute atomic E-state index is 14.0. The minimum Gasteiger partial charge on any atom is -0.458 e. The third kappa shape index (κ3) is 9.05. The molecule has 254 valence electrons. The molecule has 3 aromatic carbocycles. The van der Waals surface area contributed by atoms with Crippen molar-refractivity contribution in [3.05, 3.63) is 99.6 Å². The van der Waals surface area contributed by atoms with E-state index in [1.54, 1.807) is 26.8 Å². The van der Waals surface area contributed by atoms with Crippen LogP contribution in [-0.4, -0.2) is 47.9 Å². The number of esters is 1. The Morgan fingerprint density at radius 3 is 2.15 bits per heavy atom. The van der Waals surface area contributed by atoms with Gasteiger partial charge in [-0.05, 0) is 62.9 Å². The minimum absolute atomic E-state index is 0.0393. The number of nitrogens with zero attached hydrogens (tertiary/aromatic N) is 2. The highest BCUT2D eigenvalue weighted by Crippen LogP contribution is 2.55. The van der Waals surface area contributed by atoms with Crippen LogP contribution in [0, 0.1) is 21.4 Å². The predicted molar refractivity (Wildman–Crippen MR) is 175 cm³/mol. The quantitative estimate of drug-likeness (QED) is 0.0592. The number of ether oxygens (including phenoxy) is 2. The molecule has 0 saturated carbocycles. The van der Waals surface area contributed by atoms with Crippen molar-refractivity contribution in [3.63, 3.8) is 0 Å². The van der Waals surface area contributed by atoms with Gasteiger partial charge in [-0.3, -0.25) is 23.7 Å². The molecule has 0 spiro atoms. The number of hydrogen-bond donors (Lipinski definition) is 1. The number of alkyl carbamates (subject to hydrolysis) is 1. The van der Waals surface area contributed by atoms with E-state index >= 15 is 0 Å². The minimum atomic E-state index is -4.64. The number of para-hydroxylation sites is 1. The van der Waals surface area contributed by atoms with Crippen LogP contribution in [-0.2, 0) is 32.4 Å². The largest absolute Gasteiger partial charge is 0.475 e. The predicted octanol–water partition coefficient (Wildman–Crippen LogP) is 7.36. The highest BCUT2D eigenvalue weighted by atomic mass is 31.2. The van der Waals surface area contributed by atoms with Gasteiger partial charge in [-0.15, -0.1) is 0 Å². The Balaban J connectivity index is 1.54. The molecule has 4 rings (SSSR count). The van der Waals surface area contributed by atoms with Gasteiger partial charge in [0, 0.05) is 12.0 Å². The second-order valence-corrected chi connectivity index (χ2v) is 13.6. The number of carbonyl (C=O) groups is 2. The van der Waals surface area contributed by atoms with Crippen LogP contribution in [0.25, 0.3) is 11.1 Å². The number of carbonyl (C=O) groups excluding carboxylic acids is 2. The van der Waals surface area contributed by atoms with Gasteiger partial charge < -0.3 is 14.8 Å². The van der Waals surface area contributed by atoms with Gasteiger partial charge in [0.1, 0.15) is 12.2 Å². The number of hydrogen-bond acceptors (Lipinski definition) is 11. The van der Waals surface area contributed by atoms with Crippen molar-refractivity contribution in [2.24, 2.45) is 0 Å². The molecule has 0 bridgehead atoms. The number of fused-ring (bicyclic) bond motifs is 3. The van der Waals surface area contributed by atoms with Crippen molar-refractivity contribution in [2.45, 2.75) is 70.8 Å². The summed E-state index contributed by atoms with van der Waals surface area (Å²) < 4.78 is 41.8. The fraction of sp³-hybridized carbons (Fsp3) is 0.382. The Morgan fingerprint density at radius 1 is 0.979 bits per heavy atom. The number of nitro benzene ring substituents is 1. The van der Waals surface area contributed by atoms with Gasteiger partial charge in [-0.1, -0.05) is 60.7 Å². The van der Waals surface area contributed by atoms with E-state index in [0.717, 1.165) is 22.3 Å². The van der Waals surface area contributed by atoms with E-state index < -0.39 is 48.7 Å². The van der Waals surface area contributed by atoms with Gasteiger partial charge in [0.2, 0.25) is 0 Å². The highest BCUT2D eigenvalue weighted by Gasteiger charge is 2.41.